The summed E-state index contributed by atoms with van der Waals surface area (Å²) in [5, 5.41) is 5.43. The highest BCUT2D eigenvalue weighted by molar-refractivity contribution is 7.93. The summed E-state index contributed by atoms with van der Waals surface area (Å²) in [6.07, 6.45) is 9.46. The van der Waals surface area contributed by atoms with Crippen LogP contribution in [0.2, 0.25) is 5.02 Å². The van der Waals surface area contributed by atoms with Gasteiger partial charge < -0.3 is 39.6 Å². The fourth-order valence-electron chi connectivity index (χ4n) is 13.6. The predicted molar refractivity (Wildman–Crippen MR) is 433 cm³/mol. The van der Waals surface area contributed by atoms with Crippen LogP contribution in [-0.2, 0) is 46.1 Å². The van der Waals surface area contributed by atoms with Crippen LogP contribution in [0.25, 0.3) is 10.8 Å². The first-order valence-corrected chi connectivity index (χ1v) is 40.7. The Morgan fingerprint density at radius 3 is 1.46 bits per heavy atom. The maximum absolute atomic E-state index is 13.7. The summed E-state index contributed by atoms with van der Waals surface area (Å²) in [5.74, 6) is 0.760. The molecule has 0 spiro atoms. The number of aryl methyl sites for hydroxylation is 2. The molecule has 4 N–H and O–H groups in total. The predicted octanol–water partition coefficient (Wildman–Crippen LogP) is 12.6. The van der Waals surface area contributed by atoms with Crippen molar-refractivity contribution in [3.63, 3.8) is 0 Å². The SMILES string of the molecule is CCC(C)C(C(=O)N1CCN(c2ccc(S(=O)(=O)Nc3ccncn3)cc2)CC1)c1ccccc1.Cc1cc(NS(=O)(=O)c2ccc(N3CCN(C(=O)[C@@H](C)N4CCCc5cc(F)ccc54)CC3)cc2)ncn1.O=C(Nc1ccc(Cl)c2ccccc12)N1CCN(c2ccc(S(=O)(=O)Nc3ccncn3)cc2)CC1.[HH].[HH].[HH].[HH].[HH]. The molecule has 4 aliphatic rings. The molecule has 7 heterocycles. The van der Waals surface area contributed by atoms with E-state index in [4.69, 9.17) is 11.6 Å². The molecule has 7 aromatic carbocycles. The molecule has 4 amide bonds. The van der Waals surface area contributed by atoms with E-state index in [9.17, 15) is 44.0 Å². The van der Waals surface area contributed by atoms with Crippen LogP contribution in [-0.4, -0.2) is 179 Å². The minimum atomic E-state index is -3.78. The van der Waals surface area contributed by atoms with Crippen molar-refractivity contribution in [1.29, 1.82) is 0 Å². The Hall–Kier alpha value is -11.1. The monoisotopic (exact) mass is 1560 g/mol. The number of anilines is 8. The lowest BCUT2D eigenvalue weighted by molar-refractivity contribution is -0.134. The van der Waals surface area contributed by atoms with Crippen LogP contribution in [0, 0.1) is 18.7 Å². The number of benzene rings is 7. The number of aromatic nitrogens is 6. The molecule has 578 valence electrons. The van der Waals surface area contributed by atoms with Crippen molar-refractivity contribution in [2.75, 3.05) is 124 Å². The number of fused-ring (bicyclic) bond motifs is 2. The van der Waals surface area contributed by atoms with Gasteiger partial charge in [-0.1, -0.05) is 86.5 Å². The summed E-state index contributed by atoms with van der Waals surface area (Å²) in [7, 11) is -11.3. The zero-order valence-electron chi connectivity index (χ0n) is 60.6. The number of nitrogens with one attached hydrogen (secondary N) is 4. The van der Waals surface area contributed by atoms with Gasteiger partial charge in [-0.15, -0.1) is 0 Å². The largest absolute Gasteiger partial charge is 0.368 e. The van der Waals surface area contributed by atoms with Crippen LogP contribution < -0.4 is 39.1 Å². The van der Waals surface area contributed by atoms with E-state index >= 15 is 0 Å². The normalized spacial score (nSPS) is 15.6. The summed E-state index contributed by atoms with van der Waals surface area (Å²) in [4.78, 5) is 77.6. The average Bonchev–Trinajstić information content (AvgIpc) is 0.816. The van der Waals surface area contributed by atoms with Crippen LogP contribution >= 0.6 is 11.6 Å². The van der Waals surface area contributed by atoms with Gasteiger partial charge in [-0.05, 0) is 159 Å². The van der Waals surface area contributed by atoms with E-state index in [0.717, 1.165) is 76.1 Å². The van der Waals surface area contributed by atoms with E-state index in [-0.39, 0.29) is 80.8 Å². The lowest BCUT2D eigenvalue weighted by Crippen LogP contribution is -2.55. The Balaban J connectivity index is 0.000000232. The maximum Gasteiger partial charge on any atom is 0.321 e. The average molecular weight is 1570 g/mol. The first kappa shape index (κ1) is 77.5. The molecule has 2 unspecified atom stereocenters. The number of urea groups is 1. The lowest BCUT2D eigenvalue weighted by atomic mass is 9.84. The number of rotatable bonds is 19. The number of carbonyl (C=O) groups is 3. The van der Waals surface area contributed by atoms with E-state index in [1.165, 1.54) is 49.6 Å². The number of amides is 4. The van der Waals surface area contributed by atoms with Gasteiger partial charge in [-0.25, -0.2) is 64.3 Å². The van der Waals surface area contributed by atoms with Crippen LogP contribution in [0.15, 0.2) is 222 Å². The zero-order chi connectivity index (χ0) is 76.8. The minimum absolute atomic E-state index is 0. The molecule has 26 nitrogen and oxygen atoms in total. The number of halogens is 2. The molecule has 0 bridgehead atoms. The van der Waals surface area contributed by atoms with Crippen LogP contribution in [0.5, 0.6) is 0 Å². The Bertz CT molecular complexity index is 5180. The van der Waals surface area contributed by atoms with Crippen LogP contribution in [0.1, 0.15) is 63.5 Å². The van der Waals surface area contributed by atoms with Crippen molar-refractivity contribution in [2.24, 2.45) is 5.92 Å². The first-order valence-electron chi connectivity index (χ1n) is 35.9. The Morgan fingerprint density at radius 1 is 0.505 bits per heavy atom. The van der Waals surface area contributed by atoms with Crippen molar-refractivity contribution in [2.45, 2.75) is 73.6 Å². The van der Waals surface area contributed by atoms with Crippen molar-refractivity contribution in [3.8, 4) is 0 Å². The Labute approximate surface area is 647 Å². The van der Waals surface area contributed by atoms with Crippen LogP contribution in [0.3, 0.4) is 0 Å². The molecule has 0 aliphatic carbocycles. The highest BCUT2D eigenvalue weighted by Crippen LogP contribution is 2.34. The third-order valence-electron chi connectivity index (χ3n) is 19.7. The molecular formula is C78H95ClFN17O9S3. The number of carbonyl (C=O) groups excluding carboxylic acids is 3. The standard InChI is InChI=1S/C27H31FN6O3S.C26H31N5O3S.C25H23ClN6O3S.5H2/c1-19-16-26(30-18-29-19)31-38(36,37)24-8-6-23(7-9-24)32-12-14-33(15-13-32)27(35)20(2)34-11-3-4-21-17-22(28)5-10-25(21)34;1-3-20(2)25(21-7-5-4-6-8-21)26(32)31-17-15-30(16-18-31)22-9-11-23(12-10-22)35(33,34)29-24-13-14-27-19-28-24;26-22-9-10-23(21-4-2-1-3-20(21)22)29-25(33)32-15-13-31(14-16-32)18-5-7-19(8-6-18)36(34,35)30-24-11-12-27-17-28-24;;;;;/h5-10,16-18,20H,3-4,11-15H2,1-2H3,(H,29,30,31);4-14,19-20,25H,3,15-18H2,1-2H3,(H,27,28,29);1-12,17H,13-16H2,(H,29,33)(H,27,28,30);5*1H/t20-;;;;;;;/m1......./s1. The zero-order valence-corrected chi connectivity index (χ0v) is 63.8. The molecule has 14 rings (SSSR count). The number of nitrogens with zero attached hydrogens (tertiary/aromatic N) is 13. The molecule has 31 heteroatoms. The van der Waals surface area contributed by atoms with Gasteiger partial charge in [0.25, 0.3) is 30.1 Å². The summed E-state index contributed by atoms with van der Waals surface area (Å²) >= 11 is 6.29. The van der Waals surface area contributed by atoms with Crippen molar-refractivity contribution in [3.05, 3.63) is 235 Å². The maximum atomic E-state index is 13.7. The molecule has 3 saturated heterocycles. The summed E-state index contributed by atoms with van der Waals surface area (Å²) in [6, 6.07) is 50.3. The van der Waals surface area contributed by atoms with Gasteiger partial charge in [0, 0.05) is 155 Å². The van der Waals surface area contributed by atoms with Crippen molar-refractivity contribution in [1.82, 2.24) is 44.6 Å². The summed E-state index contributed by atoms with van der Waals surface area (Å²) < 4.78 is 97.1. The number of hydrogen-bond acceptors (Lipinski definition) is 19. The number of piperazine rings is 3. The smallest absolute Gasteiger partial charge is 0.321 e. The van der Waals surface area contributed by atoms with Crippen molar-refractivity contribution >= 4 is 116 Å². The van der Waals surface area contributed by atoms with Gasteiger partial charge in [0.1, 0.15) is 48.3 Å². The first-order chi connectivity index (χ1) is 52.5. The van der Waals surface area contributed by atoms with E-state index in [1.807, 2.05) is 77.4 Å². The minimum Gasteiger partial charge on any atom is -0.368 e. The molecule has 4 aliphatic heterocycles. The molecule has 109 heavy (non-hydrogen) atoms. The summed E-state index contributed by atoms with van der Waals surface area (Å²) in [6.45, 7) is 16.1. The van der Waals surface area contributed by atoms with Crippen LogP contribution in [0.4, 0.5) is 55.1 Å². The fraction of sp³-hybridized carbons (Fsp3) is 0.295. The third-order valence-corrected chi connectivity index (χ3v) is 24.2. The molecule has 10 aromatic rings. The Morgan fingerprint density at radius 2 is 0.972 bits per heavy atom. The molecular weight excluding hydrogens is 1470 g/mol. The highest BCUT2D eigenvalue weighted by Gasteiger charge is 2.34. The van der Waals surface area contributed by atoms with E-state index in [1.54, 1.807) is 109 Å². The van der Waals surface area contributed by atoms with Gasteiger partial charge in [0.15, 0.2) is 0 Å². The van der Waals surface area contributed by atoms with Gasteiger partial charge in [-0.3, -0.25) is 23.8 Å². The highest BCUT2D eigenvalue weighted by atomic mass is 35.5. The molecule has 0 saturated carbocycles. The number of sulfonamides is 3. The van der Waals surface area contributed by atoms with Crippen molar-refractivity contribution < 1.29 is 51.2 Å². The van der Waals surface area contributed by atoms with E-state index in [0.29, 0.717) is 89.3 Å². The second-order valence-electron chi connectivity index (χ2n) is 26.7. The second-order valence-corrected chi connectivity index (χ2v) is 32.2. The molecule has 3 fully saturated rings. The summed E-state index contributed by atoms with van der Waals surface area (Å²) in [5.41, 5.74) is 7.06. The Kier molecular flexibility index (Phi) is 24.8. The number of hydrogen-bond donors (Lipinski definition) is 4. The molecule has 3 atom stereocenters. The molecule has 3 aromatic heterocycles. The lowest BCUT2D eigenvalue weighted by Gasteiger charge is -2.41. The van der Waals surface area contributed by atoms with E-state index in [2.05, 4.69) is 82.8 Å². The van der Waals surface area contributed by atoms with Gasteiger partial charge >= 0.3 is 6.03 Å². The van der Waals surface area contributed by atoms with Gasteiger partial charge in [0.05, 0.1) is 26.3 Å². The topological polar surface area (TPSA) is 302 Å². The van der Waals surface area contributed by atoms with Gasteiger partial charge in [-0.2, -0.15) is 0 Å². The molecule has 0 radical (unpaired) electrons. The van der Waals surface area contributed by atoms with E-state index < -0.39 is 30.1 Å². The second kappa shape index (κ2) is 34.9. The quantitative estimate of drug-likeness (QED) is 0.0585. The fourth-order valence-corrected chi connectivity index (χ4v) is 16.9. The van der Waals surface area contributed by atoms with Gasteiger partial charge in [0.2, 0.25) is 11.8 Å². The third kappa shape index (κ3) is 19.3.